The van der Waals surface area contributed by atoms with Gasteiger partial charge in [-0.15, -0.1) is 0 Å². The van der Waals surface area contributed by atoms with Crippen molar-refractivity contribution in [1.29, 1.82) is 0 Å². The molecule has 6 nitrogen and oxygen atoms in total. The van der Waals surface area contributed by atoms with E-state index in [1.54, 1.807) is 36.4 Å². The number of hydrogen-bond acceptors (Lipinski definition) is 4. The van der Waals surface area contributed by atoms with E-state index in [9.17, 15) is 23.2 Å². The minimum Gasteiger partial charge on any atom is -0.350 e. The highest BCUT2D eigenvalue weighted by molar-refractivity contribution is 6.46. The lowest BCUT2D eigenvalue weighted by atomic mass is 9.99. The fourth-order valence-electron chi connectivity index (χ4n) is 3.68. The fourth-order valence-corrected chi connectivity index (χ4v) is 3.68. The number of nitrogens with one attached hydrogen (secondary N) is 2. The van der Waals surface area contributed by atoms with E-state index in [0.717, 1.165) is 23.3 Å². The van der Waals surface area contributed by atoms with Crippen LogP contribution >= 0.6 is 0 Å². The van der Waals surface area contributed by atoms with Gasteiger partial charge < -0.3 is 10.6 Å². The molecule has 1 aliphatic heterocycles. The minimum absolute atomic E-state index is 0.0377. The quantitative estimate of drug-likeness (QED) is 0.528. The summed E-state index contributed by atoms with van der Waals surface area (Å²) in [5.74, 6) is -3.57. The number of aryl methyl sites for hydroxylation is 2. The molecule has 3 aromatic rings. The van der Waals surface area contributed by atoms with E-state index < -0.39 is 23.4 Å². The van der Waals surface area contributed by atoms with Crippen LogP contribution in [-0.2, 0) is 14.4 Å². The maximum Gasteiger partial charge on any atom is 0.282 e. The molecule has 1 aliphatic rings. The third kappa shape index (κ3) is 4.30. The lowest BCUT2D eigenvalue weighted by molar-refractivity contribution is -0.120. The number of anilines is 3. The molecule has 3 aromatic carbocycles. The van der Waals surface area contributed by atoms with Crippen LogP contribution in [0.4, 0.5) is 25.8 Å². The van der Waals surface area contributed by atoms with Crippen molar-refractivity contribution in [2.24, 2.45) is 0 Å². The zero-order valence-corrected chi connectivity index (χ0v) is 18.7. The number of carbonyl (C=O) groups is 3. The molecular weight excluding hydrogens is 440 g/mol. The molecule has 34 heavy (non-hydrogen) atoms. The zero-order valence-electron chi connectivity index (χ0n) is 18.7. The molecule has 0 aromatic heterocycles. The first-order chi connectivity index (χ1) is 16.2. The Labute approximate surface area is 194 Å². The summed E-state index contributed by atoms with van der Waals surface area (Å²) in [6.45, 7) is 5.19. The predicted molar refractivity (Wildman–Crippen MR) is 126 cm³/mol. The number of carbonyl (C=O) groups excluding carboxylic acids is 3. The van der Waals surface area contributed by atoms with E-state index >= 15 is 0 Å². The molecule has 2 N–H and O–H groups in total. The molecule has 3 amide bonds. The Bertz CT molecular complexity index is 1360. The van der Waals surface area contributed by atoms with Crippen LogP contribution in [0, 0.1) is 25.5 Å². The Kier molecular flexibility index (Phi) is 5.98. The van der Waals surface area contributed by atoms with Crippen LogP contribution in [0.5, 0.6) is 0 Å². The Morgan fingerprint density at radius 3 is 2.12 bits per heavy atom. The number of rotatable bonds is 5. The molecule has 0 bridgehead atoms. The molecular formula is C26H21F2N3O3. The van der Waals surface area contributed by atoms with Gasteiger partial charge in [0.2, 0.25) is 5.91 Å². The predicted octanol–water partition coefficient (Wildman–Crippen LogP) is 4.94. The first kappa shape index (κ1) is 22.8. The maximum atomic E-state index is 14.5. The molecule has 0 aliphatic carbocycles. The summed E-state index contributed by atoms with van der Waals surface area (Å²) < 4.78 is 28.0. The van der Waals surface area contributed by atoms with Crippen molar-refractivity contribution in [3.63, 3.8) is 0 Å². The first-order valence-electron chi connectivity index (χ1n) is 10.5. The fraction of sp³-hybridized carbons (Fsp3) is 0.115. The third-order valence-electron chi connectivity index (χ3n) is 5.50. The van der Waals surface area contributed by atoms with Gasteiger partial charge in [0.25, 0.3) is 11.8 Å². The third-order valence-corrected chi connectivity index (χ3v) is 5.50. The van der Waals surface area contributed by atoms with Crippen molar-refractivity contribution >= 4 is 40.4 Å². The number of amides is 3. The second-order valence-corrected chi connectivity index (χ2v) is 7.97. The standard InChI is InChI=1S/C26H21F2N3O3/c1-14-4-5-17(12-15(14)2)23-24(30-20-9-7-19(8-10-20)29-16(3)32)26(34)31(25(23)33)22-11-6-18(27)13-21(22)28/h4-13,30H,1-3H3,(H,29,32). The molecule has 0 atom stereocenters. The largest absolute Gasteiger partial charge is 0.350 e. The summed E-state index contributed by atoms with van der Waals surface area (Å²) in [7, 11) is 0. The number of halogens is 2. The van der Waals surface area contributed by atoms with Crippen LogP contribution in [0.2, 0.25) is 0 Å². The second kappa shape index (κ2) is 8.90. The van der Waals surface area contributed by atoms with Gasteiger partial charge in [0.05, 0.1) is 11.3 Å². The highest BCUT2D eigenvalue weighted by Gasteiger charge is 2.41. The Hall–Kier alpha value is -4.33. The van der Waals surface area contributed by atoms with E-state index in [1.807, 2.05) is 19.9 Å². The number of benzene rings is 3. The van der Waals surface area contributed by atoms with Gasteiger partial charge in [-0.05, 0) is 66.9 Å². The van der Waals surface area contributed by atoms with Crippen LogP contribution < -0.4 is 15.5 Å². The van der Waals surface area contributed by atoms with Crippen molar-refractivity contribution in [3.05, 3.63) is 94.7 Å². The Morgan fingerprint density at radius 2 is 1.50 bits per heavy atom. The van der Waals surface area contributed by atoms with Gasteiger partial charge in [-0.3, -0.25) is 14.4 Å². The Morgan fingerprint density at radius 1 is 0.824 bits per heavy atom. The lowest BCUT2D eigenvalue weighted by Gasteiger charge is -2.16. The van der Waals surface area contributed by atoms with Gasteiger partial charge in [-0.25, -0.2) is 13.7 Å². The van der Waals surface area contributed by atoms with Crippen molar-refractivity contribution in [1.82, 2.24) is 0 Å². The van der Waals surface area contributed by atoms with E-state index in [4.69, 9.17) is 0 Å². The molecule has 0 fully saturated rings. The van der Waals surface area contributed by atoms with E-state index in [1.165, 1.54) is 6.92 Å². The van der Waals surface area contributed by atoms with Crippen LogP contribution in [-0.4, -0.2) is 17.7 Å². The van der Waals surface area contributed by atoms with Crippen LogP contribution in [0.3, 0.4) is 0 Å². The second-order valence-electron chi connectivity index (χ2n) is 7.97. The molecule has 0 unspecified atom stereocenters. The lowest BCUT2D eigenvalue weighted by Crippen LogP contribution is -2.33. The molecule has 4 rings (SSSR count). The zero-order chi connectivity index (χ0) is 24.6. The van der Waals surface area contributed by atoms with Crippen LogP contribution in [0.25, 0.3) is 5.57 Å². The summed E-state index contributed by atoms with van der Waals surface area (Å²) in [6, 6.07) is 14.5. The smallest absolute Gasteiger partial charge is 0.282 e. The summed E-state index contributed by atoms with van der Waals surface area (Å²) in [4.78, 5) is 38.8. The van der Waals surface area contributed by atoms with Crippen molar-refractivity contribution in [2.75, 3.05) is 15.5 Å². The molecule has 0 radical (unpaired) electrons. The summed E-state index contributed by atoms with van der Waals surface area (Å²) in [5.41, 5.74) is 3.14. The molecule has 8 heteroatoms. The number of nitrogens with zero attached hydrogens (tertiary/aromatic N) is 1. The van der Waals surface area contributed by atoms with Crippen molar-refractivity contribution in [2.45, 2.75) is 20.8 Å². The van der Waals surface area contributed by atoms with Crippen LogP contribution in [0.15, 0.2) is 66.4 Å². The normalized spacial score (nSPS) is 13.5. The molecule has 172 valence electrons. The average molecular weight is 461 g/mol. The van der Waals surface area contributed by atoms with Gasteiger partial charge in [0.1, 0.15) is 17.3 Å². The molecule has 0 saturated carbocycles. The summed E-state index contributed by atoms with van der Waals surface area (Å²) in [5, 5.41) is 5.62. The first-order valence-corrected chi connectivity index (χ1v) is 10.5. The molecule has 0 saturated heterocycles. The minimum atomic E-state index is -1.03. The SMILES string of the molecule is CC(=O)Nc1ccc(NC2=C(c3ccc(C)c(C)c3)C(=O)N(c3ccc(F)cc3F)C2=O)cc1. The van der Waals surface area contributed by atoms with Crippen LogP contribution in [0.1, 0.15) is 23.6 Å². The number of imide groups is 1. The van der Waals surface area contributed by atoms with E-state index in [-0.39, 0.29) is 22.9 Å². The van der Waals surface area contributed by atoms with Gasteiger partial charge in [-0.1, -0.05) is 18.2 Å². The molecule has 1 heterocycles. The van der Waals surface area contributed by atoms with Gasteiger partial charge in [0, 0.05) is 24.4 Å². The monoisotopic (exact) mass is 461 g/mol. The van der Waals surface area contributed by atoms with Gasteiger partial charge in [-0.2, -0.15) is 0 Å². The maximum absolute atomic E-state index is 14.5. The Balaban J connectivity index is 1.79. The average Bonchev–Trinajstić information content (AvgIpc) is 3.01. The van der Waals surface area contributed by atoms with E-state index in [2.05, 4.69) is 10.6 Å². The van der Waals surface area contributed by atoms with Crippen molar-refractivity contribution in [3.8, 4) is 0 Å². The van der Waals surface area contributed by atoms with Crippen molar-refractivity contribution < 1.29 is 23.2 Å². The highest BCUT2D eigenvalue weighted by Crippen LogP contribution is 2.35. The number of hydrogen-bond donors (Lipinski definition) is 2. The van der Waals surface area contributed by atoms with E-state index in [0.29, 0.717) is 27.9 Å². The van der Waals surface area contributed by atoms with Gasteiger partial charge >= 0.3 is 0 Å². The van der Waals surface area contributed by atoms with Gasteiger partial charge in [0.15, 0.2) is 0 Å². The summed E-state index contributed by atoms with van der Waals surface area (Å²) >= 11 is 0. The molecule has 0 spiro atoms. The highest BCUT2D eigenvalue weighted by atomic mass is 19.1. The summed E-state index contributed by atoms with van der Waals surface area (Å²) in [6.07, 6.45) is 0. The topological polar surface area (TPSA) is 78.5 Å².